The molecular formula is C25H26N2O8. The first-order chi connectivity index (χ1) is 16.7. The average Bonchev–Trinajstić information content (AvgIpc) is 2.79. The molecule has 0 aliphatic heterocycles. The van der Waals surface area contributed by atoms with Gasteiger partial charge in [-0.05, 0) is 42.2 Å². The van der Waals surface area contributed by atoms with Gasteiger partial charge >= 0.3 is 24.1 Å². The van der Waals surface area contributed by atoms with Crippen LogP contribution < -0.4 is 10.6 Å². The van der Waals surface area contributed by atoms with Gasteiger partial charge in [0, 0.05) is 0 Å². The third kappa shape index (κ3) is 5.06. The number of carbonyl (C=O) groups is 4. The zero-order chi connectivity index (χ0) is 25.1. The molecule has 0 heterocycles. The maximum atomic E-state index is 12.3. The molecule has 1 spiro atoms. The van der Waals surface area contributed by atoms with Crippen LogP contribution in [0.5, 0.6) is 0 Å². The van der Waals surface area contributed by atoms with Gasteiger partial charge in [-0.2, -0.15) is 0 Å². The number of ether oxygens (including phenoxy) is 2. The normalized spacial score (nSPS) is 26.5. The van der Waals surface area contributed by atoms with Crippen molar-refractivity contribution in [3.05, 3.63) is 71.8 Å². The van der Waals surface area contributed by atoms with Crippen molar-refractivity contribution >= 4 is 24.1 Å². The predicted octanol–water partition coefficient (Wildman–Crippen LogP) is 3.06. The Labute approximate surface area is 201 Å². The number of rotatable bonds is 8. The molecule has 10 nitrogen and oxygen atoms in total. The second-order valence-electron chi connectivity index (χ2n) is 9.36. The summed E-state index contributed by atoms with van der Waals surface area (Å²) in [5, 5.41) is 24.4. The minimum absolute atomic E-state index is 0.00927. The number of aliphatic carboxylic acids is 2. The van der Waals surface area contributed by atoms with Crippen LogP contribution in [0, 0.1) is 5.41 Å². The van der Waals surface area contributed by atoms with E-state index in [1.807, 2.05) is 12.1 Å². The number of alkyl carbamates (subject to hydrolysis) is 2. The second-order valence-corrected chi connectivity index (χ2v) is 9.36. The zero-order valence-corrected chi connectivity index (χ0v) is 18.9. The second kappa shape index (κ2) is 9.28. The van der Waals surface area contributed by atoms with E-state index in [9.17, 15) is 29.4 Å². The summed E-state index contributed by atoms with van der Waals surface area (Å²) in [7, 11) is 0. The van der Waals surface area contributed by atoms with E-state index >= 15 is 0 Å². The Balaban J connectivity index is 1.31. The van der Waals surface area contributed by atoms with Crippen LogP contribution in [-0.2, 0) is 32.3 Å². The van der Waals surface area contributed by atoms with Crippen molar-refractivity contribution in [3.8, 4) is 0 Å². The highest BCUT2D eigenvalue weighted by atomic mass is 16.6. The van der Waals surface area contributed by atoms with Crippen LogP contribution >= 0.6 is 0 Å². The highest BCUT2D eigenvalue weighted by Gasteiger charge is 2.71. The zero-order valence-electron chi connectivity index (χ0n) is 18.9. The third-order valence-electron chi connectivity index (χ3n) is 6.63. The molecule has 4 rings (SSSR count). The van der Waals surface area contributed by atoms with Crippen LogP contribution in [-0.4, -0.2) is 45.4 Å². The van der Waals surface area contributed by atoms with Crippen molar-refractivity contribution in [1.82, 2.24) is 10.6 Å². The van der Waals surface area contributed by atoms with Gasteiger partial charge in [0.1, 0.15) is 24.3 Å². The lowest BCUT2D eigenvalue weighted by Crippen LogP contribution is -2.76. The number of carboxylic acids is 2. The van der Waals surface area contributed by atoms with Crippen LogP contribution in [0.2, 0.25) is 0 Å². The fourth-order valence-corrected chi connectivity index (χ4v) is 5.20. The standard InChI is InChI=1S/C25H26N2O8/c28-19(29)24(26-21(32)34-11-17-7-3-1-4-8-17)13-23(14-24)15-25(16-23,20(30)31)27-22(33)35-12-18-9-5-2-6-10-18/h1-10H,11-16H2,(H,26,32)(H,27,33)(H,28,29)(H,30,31). The molecule has 2 amide bonds. The van der Waals surface area contributed by atoms with E-state index in [0.717, 1.165) is 11.1 Å². The molecule has 0 saturated heterocycles. The van der Waals surface area contributed by atoms with Crippen molar-refractivity contribution in [2.45, 2.75) is 50.0 Å². The van der Waals surface area contributed by atoms with E-state index < -0.39 is 40.6 Å². The molecule has 0 bridgehead atoms. The minimum Gasteiger partial charge on any atom is -0.480 e. The summed E-state index contributed by atoms with van der Waals surface area (Å²) in [6, 6.07) is 17.9. The largest absolute Gasteiger partial charge is 0.480 e. The highest BCUT2D eigenvalue weighted by molar-refractivity contribution is 5.89. The number of benzene rings is 2. The Hall–Kier alpha value is -4.08. The lowest BCUT2D eigenvalue weighted by molar-refractivity contribution is -0.181. The fraction of sp³-hybridized carbons (Fsp3) is 0.360. The average molecular weight is 482 g/mol. The quantitative estimate of drug-likeness (QED) is 0.448. The van der Waals surface area contributed by atoms with Gasteiger partial charge in [-0.25, -0.2) is 19.2 Å². The Morgan fingerprint density at radius 2 is 1.00 bits per heavy atom. The molecular weight excluding hydrogens is 456 g/mol. The summed E-state index contributed by atoms with van der Waals surface area (Å²) in [5.74, 6) is -2.44. The molecule has 0 aromatic heterocycles. The predicted molar refractivity (Wildman–Crippen MR) is 121 cm³/mol. The molecule has 2 aromatic carbocycles. The van der Waals surface area contributed by atoms with Gasteiger partial charge in [-0.1, -0.05) is 60.7 Å². The molecule has 10 heteroatoms. The molecule has 2 fully saturated rings. The van der Waals surface area contributed by atoms with E-state index in [4.69, 9.17) is 9.47 Å². The van der Waals surface area contributed by atoms with Gasteiger partial charge in [0.25, 0.3) is 0 Å². The number of amides is 2. The van der Waals surface area contributed by atoms with E-state index in [2.05, 4.69) is 10.6 Å². The molecule has 2 aliphatic rings. The SMILES string of the molecule is O=C(NC1(C(=O)O)CC2(C1)CC(NC(=O)OCc1ccccc1)(C(=O)O)C2)OCc1ccccc1. The van der Waals surface area contributed by atoms with Crippen molar-refractivity contribution in [3.63, 3.8) is 0 Å². The molecule has 2 aromatic rings. The lowest BCUT2D eigenvalue weighted by Gasteiger charge is -2.64. The van der Waals surface area contributed by atoms with E-state index in [0.29, 0.717) is 0 Å². The summed E-state index contributed by atoms with van der Waals surface area (Å²) in [6.07, 6.45) is -1.59. The van der Waals surface area contributed by atoms with Gasteiger partial charge in [-0.3, -0.25) is 0 Å². The van der Waals surface area contributed by atoms with E-state index in [-0.39, 0.29) is 38.9 Å². The smallest absolute Gasteiger partial charge is 0.408 e. The van der Waals surface area contributed by atoms with Crippen molar-refractivity contribution in [2.75, 3.05) is 0 Å². The highest BCUT2D eigenvalue weighted by Crippen LogP contribution is 2.64. The summed E-state index contributed by atoms with van der Waals surface area (Å²) >= 11 is 0. The summed E-state index contributed by atoms with van der Waals surface area (Å²) < 4.78 is 10.3. The fourth-order valence-electron chi connectivity index (χ4n) is 5.20. The first-order valence-corrected chi connectivity index (χ1v) is 11.1. The summed E-state index contributed by atoms with van der Waals surface area (Å²) in [4.78, 5) is 48.4. The van der Waals surface area contributed by atoms with Crippen LogP contribution in [0.15, 0.2) is 60.7 Å². The van der Waals surface area contributed by atoms with E-state index in [1.54, 1.807) is 48.5 Å². The Morgan fingerprint density at radius 3 is 1.31 bits per heavy atom. The number of hydrogen-bond acceptors (Lipinski definition) is 6. The van der Waals surface area contributed by atoms with Crippen molar-refractivity contribution in [2.24, 2.45) is 5.41 Å². The number of nitrogens with one attached hydrogen (secondary N) is 2. The lowest BCUT2D eigenvalue weighted by atomic mass is 9.43. The van der Waals surface area contributed by atoms with Crippen LogP contribution in [0.4, 0.5) is 9.59 Å². The first kappa shape index (κ1) is 24.1. The van der Waals surface area contributed by atoms with Gasteiger partial charge in [0.2, 0.25) is 0 Å². The van der Waals surface area contributed by atoms with Gasteiger partial charge in [0.15, 0.2) is 0 Å². The number of hydrogen-bond donors (Lipinski definition) is 4. The van der Waals surface area contributed by atoms with Crippen LogP contribution in [0.1, 0.15) is 36.8 Å². The number of carboxylic acid groups (broad SMARTS) is 2. The minimum atomic E-state index is -1.55. The topological polar surface area (TPSA) is 151 Å². The van der Waals surface area contributed by atoms with Crippen LogP contribution in [0.3, 0.4) is 0 Å². The van der Waals surface area contributed by atoms with Crippen molar-refractivity contribution in [1.29, 1.82) is 0 Å². The molecule has 0 atom stereocenters. The molecule has 2 saturated carbocycles. The molecule has 35 heavy (non-hydrogen) atoms. The Kier molecular flexibility index (Phi) is 6.38. The molecule has 4 N–H and O–H groups in total. The number of carbonyl (C=O) groups excluding carboxylic acids is 2. The molecule has 2 aliphatic carbocycles. The van der Waals surface area contributed by atoms with Crippen LogP contribution in [0.25, 0.3) is 0 Å². The maximum Gasteiger partial charge on any atom is 0.408 e. The summed E-state index contributed by atoms with van der Waals surface area (Å²) in [6.45, 7) is -0.0185. The first-order valence-electron chi connectivity index (χ1n) is 11.1. The maximum absolute atomic E-state index is 12.3. The Morgan fingerprint density at radius 1 is 0.657 bits per heavy atom. The summed E-state index contributed by atoms with van der Waals surface area (Å²) in [5.41, 5.74) is -2.21. The van der Waals surface area contributed by atoms with Crippen molar-refractivity contribution < 1.29 is 38.9 Å². The Bertz CT molecular complexity index is 1010. The third-order valence-corrected chi connectivity index (χ3v) is 6.63. The van der Waals surface area contributed by atoms with Gasteiger partial charge < -0.3 is 30.3 Å². The van der Waals surface area contributed by atoms with Gasteiger partial charge in [0.05, 0.1) is 0 Å². The van der Waals surface area contributed by atoms with Gasteiger partial charge in [-0.15, -0.1) is 0 Å². The molecule has 0 radical (unpaired) electrons. The molecule has 0 unspecified atom stereocenters. The van der Waals surface area contributed by atoms with E-state index in [1.165, 1.54) is 0 Å². The monoisotopic (exact) mass is 482 g/mol. The molecule has 184 valence electrons.